The standard InChI is InChI=1S/C12H22N2O3S/c15-12(14-10-4-1-2-5-10)9-13-8-11-6-3-7-18(11,16)17/h10-11,13H,1-9H2,(H,14,15). The molecule has 2 rings (SSSR count). The second-order valence-electron chi connectivity index (χ2n) is 5.31. The van der Waals surface area contributed by atoms with Crippen molar-refractivity contribution in [3.63, 3.8) is 0 Å². The Hall–Kier alpha value is -0.620. The van der Waals surface area contributed by atoms with E-state index in [9.17, 15) is 13.2 Å². The van der Waals surface area contributed by atoms with Crippen LogP contribution in [0.2, 0.25) is 0 Å². The molecule has 0 aromatic rings. The number of carbonyl (C=O) groups excluding carboxylic acids is 1. The Bertz CT molecular complexity index is 388. The maximum absolute atomic E-state index is 11.6. The van der Waals surface area contributed by atoms with Crippen LogP contribution < -0.4 is 10.6 Å². The molecule has 1 saturated carbocycles. The number of carbonyl (C=O) groups is 1. The summed E-state index contributed by atoms with van der Waals surface area (Å²) in [5.74, 6) is 0.283. The summed E-state index contributed by atoms with van der Waals surface area (Å²) in [6, 6.07) is 0.328. The molecule has 5 nitrogen and oxygen atoms in total. The zero-order valence-corrected chi connectivity index (χ0v) is 11.5. The number of amides is 1. The summed E-state index contributed by atoms with van der Waals surface area (Å²) >= 11 is 0. The van der Waals surface area contributed by atoms with Crippen LogP contribution >= 0.6 is 0 Å². The Morgan fingerprint density at radius 3 is 2.44 bits per heavy atom. The summed E-state index contributed by atoms with van der Waals surface area (Å²) in [5.41, 5.74) is 0. The lowest BCUT2D eigenvalue weighted by molar-refractivity contribution is -0.120. The van der Waals surface area contributed by atoms with Gasteiger partial charge in [0.15, 0.2) is 9.84 Å². The van der Waals surface area contributed by atoms with Crippen molar-refractivity contribution in [2.45, 2.75) is 49.8 Å². The zero-order valence-electron chi connectivity index (χ0n) is 10.7. The maximum Gasteiger partial charge on any atom is 0.234 e. The smallest absolute Gasteiger partial charge is 0.234 e. The molecule has 1 atom stereocenters. The third-order valence-electron chi connectivity index (χ3n) is 3.84. The predicted octanol–water partition coefficient (Wildman–Crippen LogP) is 0.212. The molecule has 1 unspecified atom stereocenters. The van der Waals surface area contributed by atoms with Crippen molar-refractivity contribution < 1.29 is 13.2 Å². The first-order valence-electron chi connectivity index (χ1n) is 6.79. The molecule has 2 N–H and O–H groups in total. The lowest BCUT2D eigenvalue weighted by atomic mass is 10.2. The number of nitrogens with one attached hydrogen (secondary N) is 2. The van der Waals surface area contributed by atoms with Crippen molar-refractivity contribution in [3.05, 3.63) is 0 Å². The van der Waals surface area contributed by atoms with E-state index in [1.165, 1.54) is 12.8 Å². The first-order chi connectivity index (χ1) is 8.58. The predicted molar refractivity (Wildman–Crippen MR) is 70.1 cm³/mol. The summed E-state index contributed by atoms with van der Waals surface area (Å²) in [7, 11) is -2.90. The zero-order chi connectivity index (χ0) is 13.0. The van der Waals surface area contributed by atoms with Gasteiger partial charge in [0.2, 0.25) is 5.91 Å². The van der Waals surface area contributed by atoms with Gasteiger partial charge in [0.25, 0.3) is 0 Å². The van der Waals surface area contributed by atoms with Gasteiger partial charge in [0.1, 0.15) is 0 Å². The Balaban J connectivity index is 1.64. The Labute approximate surface area is 109 Å². The van der Waals surface area contributed by atoms with E-state index < -0.39 is 9.84 Å². The summed E-state index contributed by atoms with van der Waals surface area (Å²) in [6.45, 7) is 0.628. The average molecular weight is 274 g/mol. The Kier molecular flexibility index (Phi) is 4.61. The van der Waals surface area contributed by atoms with Gasteiger partial charge in [-0.1, -0.05) is 12.8 Å². The van der Waals surface area contributed by atoms with E-state index in [0.29, 0.717) is 18.3 Å². The molecule has 0 spiro atoms. The second-order valence-corrected chi connectivity index (χ2v) is 7.71. The fourth-order valence-corrected chi connectivity index (χ4v) is 4.58. The molecule has 2 aliphatic rings. The van der Waals surface area contributed by atoms with Crippen LogP contribution in [0.5, 0.6) is 0 Å². The van der Waals surface area contributed by atoms with Crippen LogP contribution in [0.1, 0.15) is 38.5 Å². The maximum atomic E-state index is 11.6. The highest BCUT2D eigenvalue weighted by molar-refractivity contribution is 7.92. The van der Waals surface area contributed by atoms with Crippen molar-refractivity contribution in [1.82, 2.24) is 10.6 Å². The quantitative estimate of drug-likeness (QED) is 0.751. The van der Waals surface area contributed by atoms with Crippen LogP contribution in [0.25, 0.3) is 0 Å². The molecule has 1 heterocycles. The van der Waals surface area contributed by atoms with Gasteiger partial charge in [0, 0.05) is 12.6 Å². The van der Waals surface area contributed by atoms with Crippen molar-refractivity contribution in [2.24, 2.45) is 0 Å². The largest absolute Gasteiger partial charge is 0.352 e. The number of rotatable bonds is 5. The van der Waals surface area contributed by atoms with E-state index in [4.69, 9.17) is 0 Å². The van der Waals surface area contributed by atoms with Gasteiger partial charge < -0.3 is 10.6 Å². The molecule has 0 aromatic carbocycles. The molecule has 0 aromatic heterocycles. The molecule has 0 bridgehead atoms. The monoisotopic (exact) mass is 274 g/mol. The van der Waals surface area contributed by atoms with E-state index in [0.717, 1.165) is 25.7 Å². The molecule has 1 amide bonds. The van der Waals surface area contributed by atoms with E-state index >= 15 is 0 Å². The highest BCUT2D eigenvalue weighted by Gasteiger charge is 2.30. The van der Waals surface area contributed by atoms with Crippen LogP contribution in [-0.4, -0.2) is 44.5 Å². The van der Waals surface area contributed by atoms with Gasteiger partial charge >= 0.3 is 0 Å². The first kappa shape index (κ1) is 13.8. The molecule has 6 heteroatoms. The molecule has 18 heavy (non-hydrogen) atoms. The van der Waals surface area contributed by atoms with E-state index in [2.05, 4.69) is 10.6 Å². The lowest BCUT2D eigenvalue weighted by Crippen LogP contribution is -2.41. The minimum Gasteiger partial charge on any atom is -0.352 e. The van der Waals surface area contributed by atoms with Crippen LogP contribution in [0.3, 0.4) is 0 Å². The SMILES string of the molecule is O=C(CNCC1CCCS1(=O)=O)NC1CCCC1. The van der Waals surface area contributed by atoms with Crippen LogP contribution in [-0.2, 0) is 14.6 Å². The number of hydrogen-bond donors (Lipinski definition) is 2. The lowest BCUT2D eigenvalue weighted by Gasteiger charge is -2.14. The third-order valence-corrected chi connectivity index (χ3v) is 6.12. The van der Waals surface area contributed by atoms with Crippen molar-refractivity contribution in [3.8, 4) is 0 Å². The van der Waals surface area contributed by atoms with Crippen molar-refractivity contribution in [1.29, 1.82) is 0 Å². The molecule has 2 fully saturated rings. The second kappa shape index (κ2) is 6.02. The van der Waals surface area contributed by atoms with Crippen molar-refractivity contribution >= 4 is 15.7 Å². The summed E-state index contributed by atoms with van der Waals surface area (Å²) in [6.07, 6.45) is 6.01. The summed E-state index contributed by atoms with van der Waals surface area (Å²) < 4.78 is 23.2. The van der Waals surface area contributed by atoms with Crippen LogP contribution in [0.15, 0.2) is 0 Å². The van der Waals surface area contributed by atoms with Gasteiger partial charge in [-0.25, -0.2) is 8.42 Å². The van der Waals surface area contributed by atoms with Gasteiger partial charge in [0.05, 0.1) is 17.5 Å². The van der Waals surface area contributed by atoms with Crippen LogP contribution in [0, 0.1) is 0 Å². The Morgan fingerprint density at radius 2 is 1.83 bits per heavy atom. The number of hydrogen-bond acceptors (Lipinski definition) is 4. The molecule has 1 saturated heterocycles. The average Bonchev–Trinajstić information content (AvgIpc) is 2.89. The van der Waals surface area contributed by atoms with Gasteiger partial charge in [-0.05, 0) is 25.7 Å². The first-order valence-corrected chi connectivity index (χ1v) is 8.51. The topological polar surface area (TPSA) is 75.3 Å². The molecular formula is C12H22N2O3S. The molecule has 1 aliphatic heterocycles. The van der Waals surface area contributed by atoms with Gasteiger partial charge in [-0.2, -0.15) is 0 Å². The van der Waals surface area contributed by atoms with E-state index in [1.807, 2.05) is 0 Å². The molecule has 0 radical (unpaired) electrons. The molecular weight excluding hydrogens is 252 g/mol. The van der Waals surface area contributed by atoms with Crippen molar-refractivity contribution in [2.75, 3.05) is 18.8 Å². The molecule has 104 valence electrons. The van der Waals surface area contributed by atoms with E-state index in [1.54, 1.807) is 0 Å². The minimum atomic E-state index is -2.90. The minimum absolute atomic E-state index is 0.0164. The summed E-state index contributed by atoms with van der Waals surface area (Å²) in [5, 5.41) is 5.64. The van der Waals surface area contributed by atoms with E-state index in [-0.39, 0.29) is 17.7 Å². The fourth-order valence-electron chi connectivity index (χ4n) is 2.78. The third kappa shape index (κ3) is 3.68. The van der Waals surface area contributed by atoms with Crippen LogP contribution in [0.4, 0.5) is 0 Å². The summed E-state index contributed by atoms with van der Waals surface area (Å²) in [4.78, 5) is 11.6. The fraction of sp³-hybridized carbons (Fsp3) is 0.917. The molecule has 1 aliphatic carbocycles. The highest BCUT2D eigenvalue weighted by Crippen LogP contribution is 2.19. The number of sulfone groups is 1. The highest BCUT2D eigenvalue weighted by atomic mass is 32.2. The van der Waals surface area contributed by atoms with Gasteiger partial charge in [-0.3, -0.25) is 4.79 Å². The normalized spacial score (nSPS) is 27.4. The van der Waals surface area contributed by atoms with Gasteiger partial charge in [-0.15, -0.1) is 0 Å². The Morgan fingerprint density at radius 1 is 1.11 bits per heavy atom.